The summed E-state index contributed by atoms with van der Waals surface area (Å²) in [4.78, 5) is 16.8. The maximum atomic E-state index is 10.7. The van der Waals surface area contributed by atoms with Gasteiger partial charge < -0.3 is 9.79 Å². The summed E-state index contributed by atoms with van der Waals surface area (Å²) in [6, 6.07) is 0. The Bertz CT molecular complexity index is 268. The van der Waals surface area contributed by atoms with E-state index in [1.54, 1.807) is 0 Å². The molecule has 0 bridgehead atoms. The van der Waals surface area contributed by atoms with Gasteiger partial charge in [-0.2, -0.15) is 0 Å². The smallest absolute Gasteiger partial charge is 0.303 e. The molecule has 0 spiro atoms. The van der Waals surface area contributed by atoms with Gasteiger partial charge in [-0.1, -0.05) is 47.8 Å². The highest BCUT2D eigenvalue weighted by Crippen LogP contribution is 2.42. The second-order valence-corrected chi connectivity index (χ2v) is 13.1. The molecule has 0 saturated heterocycles. The van der Waals surface area contributed by atoms with Crippen LogP contribution >= 0.6 is 78.8 Å². The molecule has 1 atom stereocenters. The van der Waals surface area contributed by atoms with E-state index in [-0.39, 0.29) is 8.56 Å². The van der Waals surface area contributed by atoms with E-state index in [0.717, 1.165) is 0 Å². The second-order valence-electron chi connectivity index (χ2n) is 3.35. The molecule has 0 saturated carbocycles. The molecule has 0 aromatic carbocycles. The van der Waals surface area contributed by atoms with E-state index in [9.17, 15) is 4.57 Å². The van der Waals surface area contributed by atoms with E-state index in [1.807, 2.05) is 0 Å². The summed E-state index contributed by atoms with van der Waals surface area (Å²) in [7, 11) is -4.51. The fourth-order valence-electron chi connectivity index (χ4n) is 1.14. The fraction of sp³-hybridized carbons (Fsp3) is 1.00. The summed E-state index contributed by atoms with van der Waals surface area (Å²) in [5.41, 5.74) is 0. The molecule has 0 amide bonds. The first kappa shape index (κ1) is 19.1. The highest BCUT2D eigenvalue weighted by Gasteiger charge is 2.25. The van der Waals surface area contributed by atoms with Crippen LogP contribution in [0, 0.1) is 0 Å². The number of phosphoric ester groups is 1. The number of rotatable bonds is 7. The summed E-state index contributed by atoms with van der Waals surface area (Å²) in [5, 5.41) is 0. The van der Waals surface area contributed by atoms with Crippen molar-refractivity contribution in [2.45, 2.75) is 38.8 Å². The molecule has 17 heavy (non-hydrogen) atoms. The van der Waals surface area contributed by atoms with Crippen LogP contribution in [0.15, 0.2) is 0 Å². The number of halogens is 5. The van der Waals surface area contributed by atoms with Gasteiger partial charge in [-0.05, 0) is 19.3 Å². The second kappa shape index (κ2) is 8.42. The van der Waals surface area contributed by atoms with Gasteiger partial charge in [0.2, 0.25) is 0 Å². The third kappa shape index (κ3) is 14.4. The van der Waals surface area contributed by atoms with Crippen LogP contribution in [0.2, 0.25) is 0 Å². The molecule has 0 fully saturated rings. The van der Waals surface area contributed by atoms with Crippen LogP contribution in [-0.2, 0) is 9.09 Å². The Morgan fingerprint density at radius 1 is 1.29 bits per heavy atom. The number of hydrogen-bond acceptors (Lipinski definition) is 2. The molecule has 104 valence electrons. The molecule has 0 aliphatic rings. The summed E-state index contributed by atoms with van der Waals surface area (Å²) in [6.45, 7) is 0. The van der Waals surface area contributed by atoms with Gasteiger partial charge in [0.1, 0.15) is 6.98 Å². The van der Waals surface area contributed by atoms with E-state index in [1.165, 1.54) is 0 Å². The molecule has 10 heteroatoms. The Morgan fingerprint density at radius 3 is 2.18 bits per heavy atom. The Labute approximate surface area is 135 Å². The standard InChI is InChI=1S/C7H12Br3Cl2O4P/c8-7(9,10)3-1-2-5(4-6(11)12)16-17(13,14)15/h5-6H,1-4H2,(H2,13,14,15). The largest absolute Gasteiger partial charge is 0.469 e. The van der Waals surface area contributed by atoms with Crippen molar-refractivity contribution < 1.29 is 18.9 Å². The van der Waals surface area contributed by atoms with Crippen molar-refractivity contribution >= 4 is 78.8 Å². The van der Waals surface area contributed by atoms with Gasteiger partial charge >= 0.3 is 7.82 Å². The maximum absolute atomic E-state index is 10.7. The van der Waals surface area contributed by atoms with Crippen LogP contribution in [0.3, 0.4) is 0 Å². The molecule has 4 nitrogen and oxygen atoms in total. The van der Waals surface area contributed by atoms with E-state index < -0.39 is 18.8 Å². The summed E-state index contributed by atoms with van der Waals surface area (Å²) in [6.07, 6.45) is 1.33. The first-order valence-electron chi connectivity index (χ1n) is 4.58. The van der Waals surface area contributed by atoms with Crippen molar-refractivity contribution in [3.05, 3.63) is 0 Å². The Morgan fingerprint density at radius 2 is 1.82 bits per heavy atom. The minimum Gasteiger partial charge on any atom is -0.303 e. The van der Waals surface area contributed by atoms with Crippen LogP contribution < -0.4 is 0 Å². The Hall–Kier alpha value is 2.13. The number of alkyl halides is 5. The van der Waals surface area contributed by atoms with Crippen LogP contribution in [0.1, 0.15) is 25.7 Å². The first-order chi connectivity index (χ1) is 7.49. The molecule has 0 aliphatic carbocycles. The minimum atomic E-state index is -4.51. The van der Waals surface area contributed by atoms with Crippen LogP contribution in [0.4, 0.5) is 0 Å². The monoisotopic (exact) mass is 498 g/mol. The van der Waals surface area contributed by atoms with Gasteiger partial charge in [0, 0.05) is 6.42 Å². The average Bonchev–Trinajstić information content (AvgIpc) is 1.95. The minimum absolute atomic E-state index is 0.175. The lowest BCUT2D eigenvalue weighted by molar-refractivity contribution is 0.121. The summed E-state index contributed by atoms with van der Waals surface area (Å²) < 4.78 is 15.0. The first-order valence-corrected chi connectivity index (χ1v) is 9.36. The zero-order valence-corrected chi connectivity index (χ0v) is 15.7. The number of hydrogen-bond donors (Lipinski definition) is 2. The van der Waals surface area contributed by atoms with Crippen molar-refractivity contribution in [2.24, 2.45) is 0 Å². The molecule has 0 radical (unpaired) electrons. The maximum Gasteiger partial charge on any atom is 0.469 e. The quantitative estimate of drug-likeness (QED) is 0.393. The van der Waals surface area contributed by atoms with Crippen LogP contribution in [0.5, 0.6) is 0 Å². The third-order valence-corrected chi connectivity index (χ3v) is 3.83. The Balaban J connectivity index is 4.16. The molecule has 0 heterocycles. The van der Waals surface area contributed by atoms with Gasteiger partial charge in [0.05, 0.1) is 6.10 Å². The van der Waals surface area contributed by atoms with Gasteiger partial charge in [-0.15, -0.1) is 23.2 Å². The highest BCUT2D eigenvalue weighted by molar-refractivity contribution is 9.39. The molecular weight excluding hydrogens is 490 g/mol. The van der Waals surface area contributed by atoms with Gasteiger partial charge in [0.15, 0.2) is 0 Å². The van der Waals surface area contributed by atoms with Crippen molar-refractivity contribution in [3.63, 3.8) is 0 Å². The molecule has 0 rings (SSSR count). The normalized spacial score (nSPS) is 15.3. The molecule has 2 N–H and O–H groups in total. The van der Waals surface area contributed by atoms with Crippen LogP contribution in [0.25, 0.3) is 0 Å². The predicted octanol–water partition coefficient (Wildman–Crippen LogP) is 4.67. The van der Waals surface area contributed by atoms with Crippen molar-refractivity contribution in [1.82, 2.24) is 0 Å². The van der Waals surface area contributed by atoms with Gasteiger partial charge in [-0.3, -0.25) is 4.52 Å². The van der Waals surface area contributed by atoms with Gasteiger partial charge in [-0.25, -0.2) is 4.57 Å². The van der Waals surface area contributed by atoms with Crippen molar-refractivity contribution in [2.75, 3.05) is 0 Å². The molecule has 1 unspecified atom stereocenters. The average molecular weight is 502 g/mol. The molecular formula is C7H12Br3Cl2O4P. The highest BCUT2D eigenvalue weighted by atomic mass is 80.0. The van der Waals surface area contributed by atoms with E-state index in [4.69, 9.17) is 33.0 Å². The van der Waals surface area contributed by atoms with Crippen molar-refractivity contribution in [3.8, 4) is 0 Å². The Kier molecular flexibility index (Phi) is 9.48. The van der Waals surface area contributed by atoms with Gasteiger partial charge in [0.25, 0.3) is 0 Å². The number of phosphoric acid groups is 1. The lowest BCUT2D eigenvalue weighted by Crippen LogP contribution is -2.15. The van der Waals surface area contributed by atoms with Crippen LogP contribution in [-0.4, -0.2) is 22.9 Å². The zero-order chi connectivity index (χ0) is 13.7. The SMILES string of the molecule is O=P(O)(O)OC(CCCC(Br)(Br)Br)CC(Cl)Cl. The van der Waals surface area contributed by atoms with Crippen molar-refractivity contribution in [1.29, 1.82) is 0 Å². The topological polar surface area (TPSA) is 66.8 Å². The third-order valence-electron chi connectivity index (χ3n) is 1.71. The molecule has 0 aromatic heterocycles. The van der Waals surface area contributed by atoms with E-state index in [2.05, 4.69) is 52.3 Å². The fourth-order valence-corrected chi connectivity index (χ4v) is 2.96. The lowest BCUT2D eigenvalue weighted by Gasteiger charge is -2.19. The summed E-state index contributed by atoms with van der Waals surface area (Å²) in [5.74, 6) is 0. The summed E-state index contributed by atoms with van der Waals surface area (Å²) >= 11 is 21.1. The zero-order valence-electron chi connectivity index (χ0n) is 8.53. The lowest BCUT2D eigenvalue weighted by atomic mass is 10.1. The molecule has 0 aliphatic heterocycles. The van der Waals surface area contributed by atoms with E-state index in [0.29, 0.717) is 19.3 Å². The molecule has 0 aromatic rings. The predicted molar refractivity (Wildman–Crippen MR) is 80.4 cm³/mol. The van der Waals surface area contributed by atoms with E-state index >= 15 is 0 Å².